The van der Waals surface area contributed by atoms with Crippen molar-refractivity contribution in [2.45, 2.75) is 111 Å². The van der Waals surface area contributed by atoms with Crippen LogP contribution in [0, 0.1) is 0 Å². The van der Waals surface area contributed by atoms with Crippen LogP contribution in [0.2, 0.25) is 0 Å². The molecule has 0 heterocycles. The van der Waals surface area contributed by atoms with Crippen molar-refractivity contribution in [1.29, 1.82) is 0 Å². The molecule has 2 rings (SSSR count). The zero-order valence-corrected chi connectivity index (χ0v) is 25.0. The summed E-state index contributed by atoms with van der Waals surface area (Å²) in [6, 6.07) is 7.86. The number of phenolic OH excluding ortho intramolecular Hbond substituents is 2. The van der Waals surface area contributed by atoms with Crippen molar-refractivity contribution < 1.29 is 29.5 Å². The van der Waals surface area contributed by atoms with Crippen molar-refractivity contribution in [2.75, 3.05) is 0 Å². The molecule has 0 spiro atoms. The molecule has 6 nitrogen and oxygen atoms in total. The Labute approximate surface area is 217 Å². The second-order valence-corrected chi connectivity index (χ2v) is 14.7. The fourth-order valence-electron chi connectivity index (χ4n) is 4.89. The van der Waals surface area contributed by atoms with Gasteiger partial charge >= 0.3 is 7.82 Å². The Hall–Kier alpha value is -1.85. The van der Waals surface area contributed by atoms with Gasteiger partial charge in [-0.15, -0.1) is 0 Å². The van der Waals surface area contributed by atoms with Crippen molar-refractivity contribution in [3.63, 3.8) is 0 Å². The van der Waals surface area contributed by atoms with E-state index in [4.69, 9.17) is 19.2 Å². The summed E-state index contributed by atoms with van der Waals surface area (Å²) in [4.78, 5) is 21.6. The van der Waals surface area contributed by atoms with Crippen LogP contribution in [0.5, 0.6) is 11.5 Å². The lowest BCUT2D eigenvalue weighted by molar-refractivity contribution is 0.275. The van der Waals surface area contributed by atoms with Gasteiger partial charge in [-0.25, -0.2) is 4.57 Å². The standard InChI is InChI=1S/C29H44O2.H3O4P/c1-26(2,3)20-13-15-22(30)24(28(7,8)9)18(20)17-19-21(27(4,5)6)14-16-23(31)25(19)29(10,11)12;1-5(2,3)4/h13-16,30-31H,17H2,1-12H3;(H3,1,2,3,4). The van der Waals surface area contributed by atoms with Gasteiger partial charge < -0.3 is 24.9 Å². The first-order chi connectivity index (χ1) is 15.8. The van der Waals surface area contributed by atoms with Crippen molar-refractivity contribution in [1.82, 2.24) is 0 Å². The molecule has 0 aliphatic rings. The van der Waals surface area contributed by atoms with Crippen LogP contribution in [0.1, 0.15) is 116 Å². The van der Waals surface area contributed by atoms with Gasteiger partial charge in [-0.1, -0.05) is 95.2 Å². The van der Waals surface area contributed by atoms with E-state index in [1.54, 1.807) is 0 Å². The highest BCUT2D eigenvalue weighted by Gasteiger charge is 2.33. The lowest BCUT2D eigenvalue weighted by atomic mass is 9.70. The van der Waals surface area contributed by atoms with E-state index in [1.807, 2.05) is 12.1 Å². The molecular formula is C29H47O6P. The molecule has 5 N–H and O–H groups in total. The second-order valence-electron chi connectivity index (χ2n) is 13.7. The molecule has 0 fully saturated rings. The largest absolute Gasteiger partial charge is 0.508 e. The molecule has 0 amide bonds. The van der Waals surface area contributed by atoms with Crippen LogP contribution in [-0.2, 0) is 32.6 Å². The fourth-order valence-corrected chi connectivity index (χ4v) is 4.89. The van der Waals surface area contributed by atoms with E-state index in [1.165, 1.54) is 22.3 Å². The van der Waals surface area contributed by atoms with Crippen LogP contribution >= 0.6 is 7.82 Å². The van der Waals surface area contributed by atoms with Crippen LogP contribution in [0.4, 0.5) is 0 Å². The zero-order valence-electron chi connectivity index (χ0n) is 24.1. The average Bonchev–Trinajstić information content (AvgIpc) is 2.55. The van der Waals surface area contributed by atoms with E-state index in [-0.39, 0.29) is 21.7 Å². The number of hydrogen-bond donors (Lipinski definition) is 5. The Morgan fingerprint density at radius 1 is 0.556 bits per heavy atom. The van der Waals surface area contributed by atoms with Crippen molar-refractivity contribution in [2.24, 2.45) is 0 Å². The highest BCUT2D eigenvalue weighted by Crippen LogP contribution is 2.45. The third-order valence-corrected chi connectivity index (χ3v) is 6.05. The summed E-state index contributed by atoms with van der Waals surface area (Å²) in [5.74, 6) is 0.704. The van der Waals surface area contributed by atoms with Gasteiger partial charge in [0.2, 0.25) is 0 Å². The third-order valence-electron chi connectivity index (χ3n) is 6.05. The molecule has 7 heteroatoms. The van der Waals surface area contributed by atoms with Crippen LogP contribution in [-0.4, -0.2) is 24.9 Å². The smallest absolute Gasteiger partial charge is 0.466 e. The molecule has 0 unspecified atom stereocenters. The summed E-state index contributed by atoms with van der Waals surface area (Å²) in [6.07, 6.45) is 0.682. The predicted molar refractivity (Wildman–Crippen MR) is 148 cm³/mol. The second kappa shape index (κ2) is 10.5. The molecule has 204 valence electrons. The third kappa shape index (κ3) is 8.62. The monoisotopic (exact) mass is 522 g/mol. The number of phenols is 2. The highest BCUT2D eigenvalue weighted by atomic mass is 31.2. The minimum atomic E-state index is -4.64. The lowest BCUT2D eigenvalue weighted by Crippen LogP contribution is -2.25. The minimum Gasteiger partial charge on any atom is -0.508 e. The van der Waals surface area contributed by atoms with Gasteiger partial charge in [0.05, 0.1) is 0 Å². The van der Waals surface area contributed by atoms with E-state index >= 15 is 0 Å². The van der Waals surface area contributed by atoms with E-state index in [0.717, 1.165) is 11.1 Å². The summed E-state index contributed by atoms with van der Waals surface area (Å²) in [7, 11) is -4.64. The number of benzene rings is 2. The normalized spacial score (nSPS) is 13.3. The van der Waals surface area contributed by atoms with Gasteiger partial charge in [-0.05, 0) is 62.5 Å². The number of hydrogen-bond acceptors (Lipinski definition) is 3. The molecule has 0 saturated carbocycles. The van der Waals surface area contributed by atoms with Crippen LogP contribution < -0.4 is 0 Å². The van der Waals surface area contributed by atoms with Crippen LogP contribution in [0.25, 0.3) is 0 Å². The molecule has 2 aromatic carbocycles. The molecule has 0 aliphatic heterocycles. The van der Waals surface area contributed by atoms with Gasteiger partial charge in [0.25, 0.3) is 0 Å². The summed E-state index contributed by atoms with van der Waals surface area (Å²) >= 11 is 0. The highest BCUT2D eigenvalue weighted by molar-refractivity contribution is 7.45. The fraction of sp³-hybridized carbons (Fsp3) is 0.586. The zero-order chi connectivity index (χ0) is 28.7. The lowest BCUT2D eigenvalue weighted by Gasteiger charge is -2.34. The molecule has 0 aliphatic carbocycles. The predicted octanol–water partition coefficient (Wildman–Crippen LogP) is 6.95. The Morgan fingerprint density at radius 3 is 1.00 bits per heavy atom. The molecule has 0 atom stereocenters. The number of phosphoric acid groups is 1. The van der Waals surface area contributed by atoms with Crippen molar-refractivity contribution >= 4 is 7.82 Å². The van der Waals surface area contributed by atoms with Gasteiger partial charge in [0.15, 0.2) is 0 Å². The SMILES string of the molecule is CC(C)(C)c1ccc(O)c(C(C)(C)C)c1Cc1c(C(C)(C)C)ccc(O)c1C(C)(C)C.O=P(O)(O)O. The first kappa shape index (κ1) is 32.2. The molecule has 0 radical (unpaired) electrons. The quantitative estimate of drug-likeness (QED) is 0.272. The molecule has 0 bridgehead atoms. The summed E-state index contributed by atoms with van der Waals surface area (Å²) in [5.41, 5.74) is 6.32. The van der Waals surface area contributed by atoms with E-state index in [9.17, 15) is 10.2 Å². The number of rotatable bonds is 2. The average molecular weight is 523 g/mol. The van der Waals surface area contributed by atoms with Gasteiger partial charge in [-0.2, -0.15) is 0 Å². The van der Waals surface area contributed by atoms with Crippen LogP contribution in [0.3, 0.4) is 0 Å². The van der Waals surface area contributed by atoms with Gasteiger partial charge in [0.1, 0.15) is 11.5 Å². The minimum absolute atomic E-state index is 0.0658. The maximum absolute atomic E-state index is 11.0. The molecule has 0 saturated heterocycles. The first-order valence-electron chi connectivity index (χ1n) is 12.3. The van der Waals surface area contributed by atoms with Crippen LogP contribution in [0.15, 0.2) is 24.3 Å². The maximum Gasteiger partial charge on any atom is 0.466 e. The maximum atomic E-state index is 11.0. The molecule has 36 heavy (non-hydrogen) atoms. The Morgan fingerprint density at radius 2 is 0.806 bits per heavy atom. The Balaban J connectivity index is 0.00000118. The van der Waals surface area contributed by atoms with Gasteiger partial charge in [-0.3, -0.25) is 0 Å². The van der Waals surface area contributed by atoms with E-state index in [2.05, 4.69) is 95.2 Å². The van der Waals surface area contributed by atoms with Gasteiger partial charge in [0, 0.05) is 11.1 Å². The van der Waals surface area contributed by atoms with Crippen molar-refractivity contribution in [3.05, 3.63) is 57.6 Å². The van der Waals surface area contributed by atoms with E-state index in [0.29, 0.717) is 17.9 Å². The van der Waals surface area contributed by atoms with Crippen molar-refractivity contribution in [3.8, 4) is 11.5 Å². The Kier molecular flexibility index (Phi) is 9.38. The molecular weight excluding hydrogens is 475 g/mol. The molecule has 2 aromatic rings. The molecule has 0 aromatic heterocycles. The first-order valence-corrected chi connectivity index (χ1v) is 13.8. The summed E-state index contributed by atoms with van der Waals surface area (Å²) in [5, 5.41) is 21.9. The number of aromatic hydroxyl groups is 2. The Bertz CT molecular complexity index is 1030. The summed E-state index contributed by atoms with van der Waals surface area (Å²) < 4.78 is 8.88. The summed E-state index contributed by atoms with van der Waals surface area (Å²) in [6.45, 7) is 26.4. The van der Waals surface area contributed by atoms with E-state index < -0.39 is 7.82 Å². The topological polar surface area (TPSA) is 118 Å².